The fraction of sp³-hybridized carbons (Fsp3) is 0.100. The van der Waals surface area contributed by atoms with E-state index in [0.29, 0.717) is 5.56 Å². The summed E-state index contributed by atoms with van der Waals surface area (Å²) < 4.78 is 13.0. The van der Waals surface area contributed by atoms with Crippen molar-refractivity contribution < 1.29 is 9.18 Å². The second-order valence-corrected chi connectivity index (χ2v) is 2.76. The van der Waals surface area contributed by atoms with E-state index in [0.717, 1.165) is 11.6 Å². The molecule has 0 saturated heterocycles. The standard InChI is InChI=1S/C10H10FNO/c1-7-2-4-9(11)8(6-7)3-5-10(12)13/h2-6H,1H3,(H2,12,13)/b5-3+. The van der Waals surface area contributed by atoms with Gasteiger partial charge in [-0.1, -0.05) is 11.6 Å². The van der Waals surface area contributed by atoms with E-state index in [1.54, 1.807) is 12.1 Å². The smallest absolute Gasteiger partial charge is 0.241 e. The summed E-state index contributed by atoms with van der Waals surface area (Å²) in [7, 11) is 0. The van der Waals surface area contributed by atoms with Gasteiger partial charge in [0.1, 0.15) is 5.82 Å². The maximum absolute atomic E-state index is 13.0. The molecule has 0 radical (unpaired) electrons. The van der Waals surface area contributed by atoms with Crippen molar-refractivity contribution in [2.45, 2.75) is 6.92 Å². The number of carbonyl (C=O) groups is 1. The highest BCUT2D eigenvalue weighted by atomic mass is 19.1. The molecular weight excluding hydrogens is 169 g/mol. The number of aryl methyl sites for hydroxylation is 1. The van der Waals surface area contributed by atoms with Crippen molar-refractivity contribution in [1.29, 1.82) is 0 Å². The quantitative estimate of drug-likeness (QED) is 0.689. The van der Waals surface area contributed by atoms with Gasteiger partial charge in [0, 0.05) is 11.6 Å². The molecule has 0 saturated carbocycles. The second-order valence-electron chi connectivity index (χ2n) is 2.76. The van der Waals surface area contributed by atoms with E-state index in [2.05, 4.69) is 0 Å². The maximum atomic E-state index is 13.0. The Kier molecular flexibility index (Phi) is 2.80. The Labute approximate surface area is 75.9 Å². The number of benzene rings is 1. The summed E-state index contributed by atoms with van der Waals surface area (Å²) >= 11 is 0. The summed E-state index contributed by atoms with van der Waals surface area (Å²) in [5, 5.41) is 0. The Morgan fingerprint density at radius 1 is 1.54 bits per heavy atom. The Morgan fingerprint density at radius 3 is 2.85 bits per heavy atom. The number of amides is 1. The van der Waals surface area contributed by atoms with Crippen molar-refractivity contribution in [2.75, 3.05) is 0 Å². The molecule has 1 aromatic carbocycles. The number of halogens is 1. The van der Waals surface area contributed by atoms with Crippen molar-refractivity contribution in [1.82, 2.24) is 0 Å². The van der Waals surface area contributed by atoms with Crippen molar-refractivity contribution in [2.24, 2.45) is 5.73 Å². The lowest BCUT2D eigenvalue weighted by atomic mass is 10.1. The molecule has 3 heteroatoms. The van der Waals surface area contributed by atoms with Gasteiger partial charge in [-0.25, -0.2) is 4.39 Å². The predicted molar refractivity (Wildman–Crippen MR) is 49.4 cm³/mol. The zero-order valence-corrected chi connectivity index (χ0v) is 7.25. The van der Waals surface area contributed by atoms with Crippen LogP contribution in [0, 0.1) is 12.7 Å². The van der Waals surface area contributed by atoms with Gasteiger partial charge in [-0.2, -0.15) is 0 Å². The molecule has 1 amide bonds. The van der Waals surface area contributed by atoms with Crippen LogP contribution < -0.4 is 5.73 Å². The highest BCUT2D eigenvalue weighted by Gasteiger charge is 1.97. The zero-order valence-electron chi connectivity index (χ0n) is 7.25. The van der Waals surface area contributed by atoms with E-state index in [9.17, 15) is 9.18 Å². The number of hydrogen-bond acceptors (Lipinski definition) is 1. The SMILES string of the molecule is Cc1ccc(F)c(/C=C/C(N)=O)c1. The van der Waals surface area contributed by atoms with Crippen LogP contribution in [-0.4, -0.2) is 5.91 Å². The van der Waals surface area contributed by atoms with Gasteiger partial charge in [-0.3, -0.25) is 4.79 Å². The molecule has 0 atom stereocenters. The molecule has 0 aliphatic rings. The lowest BCUT2D eigenvalue weighted by molar-refractivity contribution is -0.113. The average molecular weight is 179 g/mol. The molecule has 0 aliphatic carbocycles. The molecule has 68 valence electrons. The van der Waals surface area contributed by atoms with Gasteiger partial charge >= 0.3 is 0 Å². The molecule has 1 rings (SSSR count). The Balaban J connectivity index is 3.00. The summed E-state index contributed by atoms with van der Waals surface area (Å²) in [5.41, 5.74) is 6.19. The van der Waals surface area contributed by atoms with Crippen LogP contribution in [0.4, 0.5) is 4.39 Å². The van der Waals surface area contributed by atoms with Crippen molar-refractivity contribution >= 4 is 12.0 Å². The van der Waals surface area contributed by atoms with Gasteiger partial charge in [-0.15, -0.1) is 0 Å². The second kappa shape index (κ2) is 3.85. The van der Waals surface area contributed by atoms with Gasteiger partial charge in [0.15, 0.2) is 0 Å². The third kappa shape index (κ3) is 2.71. The first kappa shape index (κ1) is 9.45. The minimum atomic E-state index is -0.582. The van der Waals surface area contributed by atoms with E-state index >= 15 is 0 Å². The van der Waals surface area contributed by atoms with Crippen LogP contribution in [0.15, 0.2) is 24.3 Å². The summed E-state index contributed by atoms with van der Waals surface area (Å²) in [6, 6.07) is 4.67. The van der Waals surface area contributed by atoms with Gasteiger partial charge in [0.05, 0.1) is 0 Å². The molecule has 13 heavy (non-hydrogen) atoms. The average Bonchev–Trinajstić information content (AvgIpc) is 2.06. The normalized spacial score (nSPS) is 10.6. The highest BCUT2D eigenvalue weighted by Crippen LogP contribution is 2.11. The van der Waals surface area contributed by atoms with Crippen LogP contribution in [0.2, 0.25) is 0 Å². The number of hydrogen-bond donors (Lipinski definition) is 1. The minimum Gasteiger partial charge on any atom is -0.366 e. The number of rotatable bonds is 2. The minimum absolute atomic E-state index is 0.358. The van der Waals surface area contributed by atoms with Crippen LogP contribution >= 0.6 is 0 Å². The van der Waals surface area contributed by atoms with Crippen LogP contribution in [0.25, 0.3) is 6.08 Å². The maximum Gasteiger partial charge on any atom is 0.241 e. The monoisotopic (exact) mass is 179 g/mol. The van der Waals surface area contributed by atoms with Crippen molar-refractivity contribution in [3.63, 3.8) is 0 Å². The predicted octanol–water partition coefficient (Wildman–Crippen LogP) is 1.63. The summed E-state index contributed by atoms with van der Waals surface area (Å²) in [6.45, 7) is 1.85. The summed E-state index contributed by atoms with van der Waals surface area (Å²) in [4.78, 5) is 10.4. The number of nitrogens with two attached hydrogens (primary N) is 1. The topological polar surface area (TPSA) is 43.1 Å². The van der Waals surface area contributed by atoms with E-state index in [-0.39, 0.29) is 5.82 Å². The van der Waals surface area contributed by atoms with E-state index < -0.39 is 5.91 Å². The molecule has 0 bridgehead atoms. The van der Waals surface area contributed by atoms with Gasteiger partial charge in [0.2, 0.25) is 5.91 Å². The molecule has 0 aromatic heterocycles. The van der Waals surface area contributed by atoms with E-state index in [1.165, 1.54) is 12.1 Å². The molecule has 0 heterocycles. The Morgan fingerprint density at radius 2 is 2.23 bits per heavy atom. The van der Waals surface area contributed by atoms with Gasteiger partial charge in [0.25, 0.3) is 0 Å². The lowest BCUT2D eigenvalue weighted by Gasteiger charge is -1.97. The van der Waals surface area contributed by atoms with Crippen molar-refractivity contribution in [3.05, 3.63) is 41.2 Å². The van der Waals surface area contributed by atoms with Crippen LogP contribution in [0.3, 0.4) is 0 Å². The molecule has 0 aliphatic heterocycles. The van der Waals surface area contributed by atoms with E-state index in [1.807, 2.05) is 6.92 Å². The number of primary amides is 1. The fourth-order valence-corrected chi connectivity index (χ4v) is 0.963. The first-order valence-electron chi connectivity index (χ1n) is 3.83. The fourth-order valence-electron chi connectivity index (χ4n) is 0.963. The molecule has 0 fully saturated rings. The number of carbonyl (C=O) groups excluding carboxylic acids is 1. The lowest BCUT2D eigenvalue weighted by Crippen LogP contribution is -2.05. The largest absolute Gasteiger partial charge is 0.366 e. The molecule has 2 N–H and O–H groups in total. The Hall–Kier alpha value is -1.64. The zero-order chi connectivity index (χ0) is 9.84. The third-order valence-electron chi connectivity index (χ3n) is 1.58. The van der Waals surface area contributed by atoms with Crippen LogP contribution in [0.5, 0.6) is 0 Å². The van der Waals surface area contributed by atoms with Gasteiger partial charge in [-0.05, 0) is 25.1 Å². The Bertz CT molecular complexity index is 358. The first-order chi connectivity index (χ1) is 6.09. The van der Waals surface area contributed by atoms with Gasteiger partial charge < -0.3 is 5.73 Å². The third-order valence-corrected chi connectivity index (χ3v) is 1.58. The molecule has 1 aromatic rings. The molecule has 0 spiro atoms. The van der Waals surface area contributed by atoms with Crippen LogP contribution in [-0.2, 0) is 4.79 Å². The molecule has 0 unspecified atom stereocenters. The highest BCUT2D eigenvalue weighted by molar-refractivity contribution is 5.90. The summed E-state index contributed by atoms with van der Waals surface area (Å²) in [6.07, 6.45) is 2.50. The van der Waals surface area contributed by atoms with E-state index in [4.69, 9.17) is 5.73 Å². The summed E-state index contributed by atoms with van der Waals surface area (Å²) in [5.74, 6) is -0.941. The van der Waals surface area contributed by atoms with Crippen molar-refractivity contribution in [3.8, 4) is 0 Å². The van der Waals surface area contributed by atoms with Crippen LogP contribution in [0.1, 0.15) is 11.1 Å². The first-order valence-corrected chi connectivity index (χ1v) is 3.83. The molecule has 2 nitrogen and oxygen atoms in total. The molecular formula is C10H10FNO.